The van der Waals surface area contributed by atoms with E-state index in [9.17, 15) is 13.6 Å². The van der Waals surface area contributed by atoms with Gasteiger partial charge in [0.2, 0.25) is 0 Å². The van der Waals surface area contributed by atoms with Crippen LogP contribution in [0.1, 0.15) is 28.4 Å². The van der Waals surface area contributed by atoms with E-state index in [1.165, 1.54) is 0 Å². The molecule has 0 bridgehead atoms. The Morgan fingerprint density at radius 2 is 1.81 bits per heavy atom. The van der Waals surface area contributed by atoms with Crippen molar-refractivity contribution in [1.82, 2.24) is 0 Å². The number of aldehydes is 1. The average Bonchev–Trinajstić information content (AvgIpc) is 3.21. The molecule has 5 nitrogen and oxygen atoms in total. The molecule has 4 rings (SSSR count). The Morgan fingerprint density at radius 3 is 2.48 bits per heavy atom. The maximum atomic E-state index is 12.0. The smallest absolute Gasteiger partial charge is 0.142 e. The molecule has 3 aromatic rings. The van der Waals surface area contributed by atoms with Crippen molar-refractivity contribution in [2.45, 2.75) is 11.7 Å². The lowest BCUT2D eigenvalue weighted by Gasteiger charge is -2.27. The van der Waals surface area contributed by atoms with Gasteiger partial charge in [-0.05, 0) is 23.8 Å². The van der Waals surface area contributed by atoms with Crippen LogP contribution in [0.4, 0.5) is 0 Å². The zero-order valence-electron chi connectivity index (χ0n) is 14.2. The molecular weight excluding hydrogens is 364 g/mol. The van der Waals surface area contributed by atoms with Gasteiger partial charge in [0.15, 0.2) is 0 Å². The van der Waals surface area contributed by atoms with Crippen molar-refractivity contribution in [3.05, 3.63) is 89.4 Å². The molecule has 27 heavy (non-hydrogen) atoms. The number of furan rings is 1. The summed E-state index contributed by atoms with van der Waals surface area (Å²) in [6.45, 7) is 0. The molecule has 2 heterocycles. The molecular formula is C21H15O5S-. The first-order valence-corrected chi connectivity index (χ1v) is 9.57. The van der Waals surface area contributed by atoms with Crippen molar-refractivity contribution in [3.8, 4) is 5.75 Å². The molecule has 0 amide bonds. The fraction of sp³-hybridized carbons (Fsp3) is 0.0952. The zero-order valence-corrected chi connectivity index (χ0v) is 15.0. The number of carbonyl (C=O) groups is 1. The molecule has 6 heteroatoms. The van der Waals surface area contributed by atoms with Crippen molar-refractivity contribution < 1.29 is 22.7 Å². The molecule has 0 aliphatic carbocycles. The van der Waals surface area contributed by atoms with Gasteiger partial charge in [-0.25, -0.2) is 0 Å². The van der Waals surface area contributed by atoms with Crippen molar-refractivity contribution in [3.63, 3.8) is 0 Å². The third-order valence-electron chi connectivity index (χ3n) is 4.45. The number of benzene rings is 2. The van der Waals surface area contributed by atoms with E-state index in [0.29, 0.717) is 28.4 Å². The molecule has 1 aliphatic rings. The van der Waals surface area contributed by atoms with Crippen LogP contribution in [0.5, 0.6) is 5.75 Å². The first-order valence-electron chi connectivity index (χ1n) is 8.32. The highest BCUT2D eigenvalue weighted by atomic mass is 32.2. The molecule has 0 radical (unpaired) electrons. The Labute approximate surface area is 158 Å². The van der Waals surface area contributed by atoms with Crippen molar-refractivity contribution in [2.24, 2.45) is 0 Å². The molecule has 2 aromatic carbocycles. The zero-order chi connectivity index (χ0) is 18.8. The number of hydrogen-bond acceptors (Lipinski definition) is 5. The van der Waals surface area contributed by atoms with E-state index in [1.807, 2.05) is 24.3 Å². The van der Waals surface area contributed by atoms with Crippen LogP contribution in [0.2, 0.25) is 0 Å². The van der Waals surface area contributed by atoms with E-state index in [2.05, 4.69) is 0 Å². The van der Waals surface area contributed by atoms with Crippen LogP contribution in [-0.2, 0) is 21.6 Å². The second-order valence-corrected chi connectivity index (χ2v) is 7.01. The van der Waals surface area contributed by atoms with Crippen LogP contribution in [0.3, 0.4) is 0 Å². The molecule has 0 fully saturated rings. The van der Waals surface area contributed by atoms with Crippen LogP contribution >= 0.6 is 0 Å². The Balaban J connectivity index is 1.86. The number of hydrogen-bond donors (Lipinski definition) is 0. The van der Waals surface area contributed by atoms with E-state index in [-0.39, 0.29) is 5.75 Å². The van der Waals surface area contributed by atoms with Gasteiger partial charge in [0.05, 0.1) is 17.8 Å². The molecule has 0 saturated heterocycles. The Kier molecular flexibility index (Phi) is 4.75. The Morgan fingerprint density at radius 1 is 1.04 bits per heavy atom. The average molecular weight is 379 g/mol. The minimum atomic E-state index is -2.15. The summed E-state index contributed by atoms with van der Waals surface area (Å²) >= 11 is -2.15. The van der Waals surface area contributed by atoms with Crippen LogP contribution in [-0.4, -0.2) is 15.0 Å². The summed E-state index contributed by atoms with van der Waals surface area (Å²) in [4.78, 5) is 12.0. The molecule has 2 unspecified atom stereocenters. The summed E-state index contributed by atoms with van der Waals surface area (Å²) in [6.07, 6.45) is 2.43. The van der Waals surface area contributed by atoms with E-state index >= 15 is 0 Å². The standard InChI is InChI=1S/C21H16O5S/c22-12-17-16-4-1-2-5-18(16)26-21(20(17)19-6-3-11-25-19)15-9-7-14(8-10-15)13-27(23)24/h1-12,17H,13H2,(H,23,24)/p-1. The Hall–Kier alpha value is -2.96. The SMILES string of the molecule is O=CC1C(c2ccco2)=C(c2ccc(CS(=O)[O-])cc2)Oc2ccccc21. The molecule has 1 aliphatic heterocycles. The van der Waals surface area contributed by atoms with Crippen LogP contribution in [0.25, 0.3) is 11.3 Å². The van der Waals surface area contributed by atoms with Crippen molar-refractivity contribution in [1.29, 1.82) is 0 Å². The van der Waals surface area contributed by atoms with Gasteiger partial charge in [0.1, 0.15) is 23.6 Å². The highest BCUT2D eigenvalue weighted by Gasteiger charge is 2.32. The summed E-state index contributed by atoms with van der Waals surface area (Å²) in [7, 11) is 0. The first kappa shape index (κ1) is 17.5. The predicted octanol–water partition coefficient (Wildman–Crippen LogP) is 3.90. The molecule has 0 spiro atoms. The maximum absolute atomic E-state index is 12.0. The minimum absolute atomic E-state index is 0.0506. The predicted molar refractivity (Wildman–Crippen MR) is 100 cm³/mol. The summed E-state index contributed by atoms with van der Waals surface area (Å²) < 4.78 is 33.5. The molecule has 136 valence electrons. The fourth-order valence-corrected chi connectivity index (χ4v) is 3.70. The quantitative estimate of drug-likeness (QED) is 0.496. The highest BCUT2D eigenvalue weighted by molar-refractivity contribution is 7.78. The summed E-state index contributed by atoms with van der Waals surface area (Å²) in [5, 5.41) is 0. The summed E-state index contributed by atoms with van der Waals surface area (Å²) in [5.74, 6) is 1.12. The van der Waals surface area contributed by atoms with Gasteiger partial charge in [-0.1, -0.05) is 53.5 Å². The van der Waals surface area contributed by atoms with Crippen LogP contribution in [0, 0.1) is 0 Å². The maximum Gasteiger partial charge on any atom is 0.142 e. The van der Waals surface area contributed by atoms with E-state index in [0.717, 1.165) is 17.4 Å². The molecule has 2 atom stereocenters. The molecule has 0 saturated carbocycles. The Bertz CT molecular complexity index is 1020. The molecule has 0 N–H and O–H groups in total. The van der Waals surface area contributed by atoms with Gasteiger partial charge >= 0.3 is 0 Å². The highest BCUT2D eigenvalue weighted by Crippen LogP contribution is 2.45. The number of allylic oxidation sites excluding steroid dienone is 1. The third kappa shape index (κ3) is 3.37. The number of fused-ring (bicyclic) bond motifs is 1. The van der Waals surface area contributed by atoms with Gasteiger partial charge in [0, 0.05) is 16.9 Å². The van der Waals surface area contributed by atoms with Crippen LogP contribution < -0.4 is 4.74 Å². The van der Waals surface area contributed by atoms with Gasteiger partial charge in [-0.15, -0.1) is 0 Å². The van der Waals surface area contributed by atoms with Crippen molar-refractivity contribution in [2.75, 3.05) is 0 Å². The van der Waals surface area contributed by atoms with Gasteiger partial charge in [-0.2, -0.15) is 0 Å². The summed E-state index contributed by atoms with van der Waals surface area (Å²) in [6, 6.07) is 18.0. The topological polar surface area (TPSA) is 79.6 Å². The lowest BCUT2D eigenvalue weighted by atomic mass is 9.86. The largest absolute Gasteiger partial charge is 0.772 e. The number of ether oxygens (including phenoxy) is 1. The number of carbonyl (C=O) groups excluding carboxylic acids is 1. The monoisotopic (exact) mass is 379 g/mol. The lowest BCUT2D eigenvalue weighted by molar-refractivity contribution is -0.108. The van der Waals surface area contributed by atoms with Crippen molar-refractivity contribution >= 4 is 28.7 Å². The second kappa shape index (κ2) is 7.34. The first-order chi connectivity index (χ1) is 13.2. The third-order valence-corrected chi connectivity index (χ3v) is 5.01. The summed E-state index contributed by atoms with van der Waals surface area (Å²) in [5.41, 5.74) is 2.84. The fourth-order valence-electron chi connectivity index (χ4n) is 3.23. The lowest BCUT2D eigenvalue weighted by Crippen LogP contribution is -2.15. The van der Waals surface area contributed by atoms with E-state index < -0.39 is 17.0 Å². The van der Waals surface area contributed by atoms with Crippen LogP contribution in [0.15, 0.2) is 71.3 Å². The second-order valence-electron chi connectivity index (χ2n) is 6.12. The number of para-hydroxylation sites is 1. The van der Waals surface area contributed by atoms with Gasteiger partial charge in [0.25, 0.3) is 0 Å². The van der Waals surface area contributed by atoms with Gasteiger partial charge < -0.3 is 18.5 Å². The normalized spacial score (nSPS) is 17.1. The molecule has 1 aromatic heterocycles. The van der Waals surface area contributed by atoms with Gasteiger partial charge in [-0.3, -0.25) is 4.21 Å². The number of rotatable bonds is 5. The van der Waals surface area contributed by atoms with E-state index in [1.54, 1.807) is 42.7 Å². The minimum Gasteiger partial charge on any atom is -0.772 e. The van der Waals surface area contributed by atoms with E-state index in [4.69, 9.17) is 9.15 Å².